The van der Waals surface area contributed by atoms with Crippen molar-refractivity contribution in [1.82, 2.24) is 0 Å². The van der Waals surface area contributed by atoms with Crippen LogP contribution in [0.2, 0.25) is 0 Å². The first-order valence-corrected chi connectivity index (χ1v) is 2.74. The topological polar surface area (TPSA) is 331 Å². The van der Waals surface area contributed by atoms with E-state index in [1.54, 1.807) is 0 Å². The third-order valence-electron chi connectivity index (χ3n) is 0. The molecule has 0 rings (SSSR count). The second-order valence-corrected chi connectivity index (χ2v) is 1.12. The largest absolute Gasteiger partial charge is 0.356 e. The summed E-state index contributed by atoms with van der Waals surface area (Å²) in [4.78, 5) is 41.2. The molecule has 0 aliphatic heterocycles. The van der Waals surface area contributed by atoms with E-state index in [2.05, 4.69) is 0 Å². The molecule has 0 bridgehead atoms. The molecule has 0 aliphatic carbocycles. The van der Waals surface area contributed by atoms with Gasteiger partial charge in [-0.25, -0.2) is 0 Å². The Bertz CT molecular complexity index is 207. The first-order chi connectivity index (χ1) is 8.66. The molecule has 0 aromatic rings. The summed E-state index contributed by atoms with van der Waals surface area (Å²) in [5.74, 6) is 0. The SMILES string of the molecule is O=[N+]([O-])[O-].O=[N+]([O-])[O-].O=[N+]([O-])[O-].O=[N+]([O-])[O-].O=[N+]([O-])[O-].[Pa]. The van der Waals surface area contributed by atoms with Crippen molar-refractivity contribution in [3.05, 3.63) is 76.6 Å². The van der Waals surface area contributed by atoms with E-state index in [0.717, 1.165) is 0 Å². The number of rotatable bonds is 0. The molecule has 0 saturated heterocycles. The Morgan fingerprint density at radius 2 is 0.333 bits per heavy atom. The average Bonchev–Trinajstić information content (AvgIpc) is 1.94. The van der Waals surface area contributed by atoms with E-state index < -0.39 is 25.4 Å². The van der Waals surface area contributed by atoms with Gasteiger partial charge >= 0.3 is 0 Å². The molecule has 0 aromatic carbocycles. The quantitative estimate of drug-likeness (QED) is 0.257. The van der Waals surface area contributed by atoms with E-state index in [1.807, 2.05) is 0 Å². The third-order valence-corrected chi connectivity index (χ3v) is 0. The Morgan fingerprint density at radius 1 is 0.333 bits per heavy atom. The first kappa shape index (κ1) is 36.1. The molecule has 0 aliphatic rings. The molecule has 0 atom stereocenters. The minimum atomic E-state index is -1.75. The fraction of sp³-hybridized carbons (Fsp3) is 0. The average molecular weight is 541 g/mol. The van der Waals surface area contributed by atoms with E-state index >= 15 is 0 Å². The van der Waals surface area contributed by atoms with Crippen molar-refractivity contribution in [3.63, 3.8) is 0 Å². The van der Waals surface area contributed by atoms with Gasteiger partial charge in [0.25, 0.3) is 0 Å². The van der Waals surface area contributed by atoms with Gasteiger partial charge in [0.1, 0.15) is 0 Å². The molecule has 0 aromatic heterocycles. The van der Waals surface area contributed by atoms with Crippen LogP contribution in [0.3, 0.4) is 0 Å². The van der Waals surface area contributed by atoms with Crippen molar-refractivity contribution in [2.45, 2.75) is 0 Å². The molecule has 0 heterocycles. The van der Waals surface area contributed by atoms with Gasteiger partial charge in [-0.05, 0) is 0 Å². The van der Waals surface area contributed by atoms with Gasteiger partial charge in [-0.3, -0.25) is 0 Å². The second kappa shape index (κ2) is 30.3. The van der Waals surface area contributed by atoms with Crippen LogP contribution in [-0.4, -0.2) is 25.4 Å². The molecule has 0 saturated carbocycles. The summed E-state index contributed by atoms with van der Waals surface area (Å²) >= 11 is 0. The predicted octanol–water partition coefficient (Wildman–Crippen LogP) is -1.20. The zero-order valence-corrected chi connectivity index (χ0v) is 13.7. The molecule has 1 radical (unpaired) electrons. The Kier molecular flexibility index (Phi) is 52.1. The minimum absolute atomic E-state index is 0. The minimum Gasteiger partial charge on any atom is -0.356 e. The van der Waals surface area contributed by atoms with E-state index in [0.29, 0.717) is 0 Å². The molecule has 0 fully saturated rings. The van der Waals surface area contributed by atoms with Crippen LogP contribution in [0, 0.1) is 109 Å². The standard InChI is InChI=1S/5NO3.Pa/c5*2-1(3)4;/q5*-1;. The third kappa shape index (κ3) is 460. The number of nitrogens with zero attached hydrogens (tertiary/aromatic N) is 5. The van der Waals surface area contributed by atoms with Crippen LogP contribution in [0.5, 0.6) is 0 Å². The number of hydrogen-bond acceptors (Lipinski definition) is 15. The molecule has 123 valence electrons. The summed E-state index contributed by atoms with van der Waals surface area (Å²) in [5, 5.41) is 73.8. The van der Waals surface area contributed by atoms with Crippen molar-refractivity contribution in [3.8, 4) is 0 Å². The Hall–Kier alpha value is -2.91. The van der Waals surface area contributed by atoms with Crippen molar-refractivity contribution in [2.75, 3.05) is 0 Å². The summed E-state index contributed by atoms with van der Waals surface area (Å²) in [5.41, 5.74) is 0. The molecule has 20 nitrogen and oxygen atoms in total. The maximum atomic E-state index is 8.25. The molecule has 0 unspecified atom stereocenters. The summed E-state index contributed by atoms with van der Waals surface area (Å²) in [6.45, 7) is 0. The second-order valence-electron chi connectivity index (χ2n) is 1.12. The maximum absolute atomic E-state index is 8.25. The van der Waals surface area contributed by atoms with Gasteiger partial charge in [0.05, 0.1) is 25.4 Å². The van der Waals surface area contributed by atoms with Crippen LogP contribution >= 0.6 is 0 Å². The van der Waals surface area contributed by atoms with Gasteiger partial charge in [0, 0.05) is 32.3 Å². The summed E-state index contributed by atoms with van der Waals surface area (Å²) in [6.07, 6.45) is 0. The molecular weight excluding hydrogens is 541 g/mol. The molecule has 0 amide bonds. The number of hydrogen-bond donors (Lipinski definition) is 0. The molecule has 0 spiro atoms. The fourth-order valence-electron chi connectivity index (χ4n) is 0. The van der Waals surface area contributed by atoms with E-state index in [1.165, 1.54) is 0 Å². The van der Waals surface area contributed by atoms with Crippen LogP contribution in [0.1, 0.15) is 0 Å². The van der Waals surface area contributed by atoms with Gasteiger partial charge in [0.2, 0.25) is 0 Å². The predicted molar refractivity (Wildman–Crippen MR) is 51.8 cm³/mol. The van der Waals surface area contributed by atoms with Crippen molar-refractivity contribution in [1.29, 1.82) is 0 Å². The Labute approximate surface area is 134 Å². The normalized spacial score (nSPS) is 5.71. The molecule has 0 N–H and O–H groups in total. The van der Waals surface area contributed by atoms with Crippen molar-refractivity contribution in [2.24, 2.45) is 0 Å². The summed E-state index contributed by atoms with van der Waals surface area (Å²) < 4.78 is 0. The summed E-state index contributed by atoms with van der Waals surface area (Å²) in [6, 6.07) is 0. The van der Waals surface area contributed by atoms with Gasteiger partial charge in [0.15, 0.2) is 0 Å². The van der Waals surface area contributed by atoms with Crippen molar-refractivity contribution < 1.29 is 57.7 Å². The molecular formula is N5O15Pa-5. The van der Waals surface area contributed by atoms with E-state index in [9.17, 15) is 0 Å². The van der Waals surface area contributed by atoms with Gasteiger partial charge in [-0.1, -0.05) is 0 Å². The van der Waals surface area contributed by atoms with Crippen LogP contribution in [0.4, 0.5) is 0 Å². The van der Waals surface area contributed by atoms with Gasteiger partial charge < -0.3 is 76.6 Å². The van der Waals surface area contributed by atoms with Crippen LogP contribution in [0.15, 0.2) is 0 Å². The maximum Gasteiger partial charge on any atom is 0.0689 e. The van der Waals surface area contributed by atoms with Crippen LogP contribution in [0.25, 0.3) is 0 Å². The van der Waals surface area contributed by atoms with Crippen LogP contribution < -0.4 is 0 Å². The Balaban J connectivity index is -0.0000000331. The zero-order chi connectivity index (χ0) is 17.9. The van der Waals surface area contributed by atoms with Crippen LogP contribution in [-0.2, 0) is 0 Å². The van der Waals surface area contributed by atoms with E-state index in [-0.39, 0.29) is 32.3 Å². The Morgan fingerprint density at radius 3 is 0.333 bits per heavy atom. The van der Waals surface area contributed by atoms with Crippen molar-refractivity contribution >= 4 is 0 Å². The van der Waals surface area contributed by atoms with Gasteiger partial charge in [-0.2, -0.15) is 0 Å². The molecule has 21 heteroatoms. The van der Waals surface area contributed by atoms with Gasteiger partial charge in [-0.15, -0.1) is 0 Å². The smallest absolute Gasteiger partial charge is 0.0689 e. The first-order valence-electron chi connectivity index (χ1n) is 2.74. The fourth-order valence-corrected chi connectivity index (χ4v) is 0. The van der Waals surface area contributed by atoms with E-state index in [4.69, 9.17) is 76.6 Å². The monoisotopic (exact) mass is 541 g/mol. The molecule has 21 heavy (non-hydrogen) atoms. The summed E-state index contributed by atoms with van der Waals surface area (Å²) in [7, 11) is 0. The zero-order valence-electron chi connectivity index (χ0n) is 8.94.